The molecule has 2 aliphatic rings. The highest BCUT2D eigenvalue weighted by Crippen LogP contribution is 2.56. The minimum absolute atomic E-state index is 0.0730. The van der Waals surface area contributed by atoms with E-state index in [4.69, 9.17) is 67.2 Å². The van der Waals surface area contributed by atoms with Gasteiger partial charge in [0.2, 0.25) is 6.71 Å². The number of hydrogen-bond acceptors (Lipinski definition) is 2. The lowest BCUT2D eigenvalue weighted by Gasteiger charge is -2.45. The van der Waals surface area contributed by atoms with Crippen molar-refractivity contribution >= 4 is 228 Å². The Morgan fingerprint density at radius 3 is 1.28 bits per heavy atom. The Kier molecular flexibility index (Phi) is 18.1. The molecule has 4 aromatic heterocycles. The van der Waals surface area contributed by atoms with E-state index in [0.29, 0.717) is 27.5 Å². The number of aromatic nitrogens is 2. The largest absolute Gasteiger partial charge is 0.456 e. The van der Waals surface area contributed by atoms with Crippen LogP contribution in [0.4, 0.5) is 17.1 Å². The standard InChI is InChI=1S/C117H76B9N3O/c1-116(2,3)76-45-38-64(39-46-76)73-56-83(66-24-11-7-12-25-66)99(84(57-73)67-26-13-8-14-27-67)100-89-63-78(127-114-101(103(118)105(120)107(122)109(114)124)102-104(119)106(121)108(123)110(125)115(102)127)49-51-91(89)126-92-50-42-72(70-43-52-94-87(54-70)82-35-23-34-81-79-32-19-21-36-93(79)128(94)112(81)82)61-95(92)129(96-62-75(60-90(100)111(96)126)71-44-53-98-88(55-71)80-33-20-22-37-97(80)130-98)113-85(68-28-15-9-16-29-68)58-74(59-86(113)69-30-17-10-18-31-69)65-40-47-77(48-41-65)117(4,5)6/h7-63,100H,1-6H3. The second-order valence-electron chi connectivity index (χ2n) is 37.5. The van der Waals surface area contributed by atoms with Crippen molar-refractivity contribution in [2.75, 3.05) is 4.90 Å². The molecule has 6 heterocycles. The zero-order chi connectivity index (χ0) is 88.3. The molecule has 130 heavy (non-hydrogen) atoms. The molecule has 24 rings (SSSR count). The van der Waals surface area contributed by atoms with Crippen LogP contribution in [0.2, 0.25) is 0 Å². The fourth-order valence-corrected chi connectivity index (χ4v) is 21.6. The molecule has 0 aliphatic carbocycles. The molecule has 16 radical (unpaired) electrons. The van der Waals surface area contributed by atoms with E-state index in [1.54, 1.807) is 0 Å². The molecule has 4 nitrogen and oxygen atoms in total. The zero-order valence-corrected chi connectivity index (χ0v) is 72.9. The van der Waals surface area contributed by atoms with Gasteiger partial charge in [0, 0.05) is 77.5 Å². The van der Waals surface area contributed by atoms with Gasteiger partial charge in [-0.2, -0.15) is 0 Å². The van der Waals surface area contributed by atoms with Gasteiger partial charge in [0.05, 0.1) is 22.2 Å². The number of para-hydroxylation sites is 3. The molecule has 18 aromatic carbocycles. The first-order chi connectivity index (χ1) is 63.1. The number of nitrogens with zero attached hydrogens (tertiary/aromatic N) is 3. The van der Waals surface area contributed by atoms with Gasteiger partial charge in [-0.05, 0) is 223 Å². The molecule has 13 heteroatoms. The molecule has 0 saturated carbocycles. The van der Waals surface area contributed by atoms with Crippen LogP contribution in [-0.2, 0) is 10.8 Å². The molecule has 0 saturated heterocycles. The average Bonchev–Trinajstić information content (AvgIpc) is 0.760. The molecule has 0 fully saturated rings. The fourth-order valence-electron chi connectivity index (χ4n) is 21.6. The summed E-state index contributed by atoms with van der Waals surface area (Å²) in [5.74, 6) is -0.628. The smallest absolute Gasteiger partial charge is 0.247 e. The van der Waals surface area contributed by atoms with Crippen LogP contribution in [0.15, 0.2) is 350 Å². The van der Waals surface area contributed by atoms with Gasteiger partial charge >= 0.3 is 0 Å². The third-order valence-electron chi connectivity index (χ3n) is 28.1. The summed E-state index contributed by atoms with van der Waals surface area (Å²) in [5.41, 5.74) is 36.6. The third kappa shape index (κ3) is 12.1. The Morgan fingerprint density at radius 1 is 0.285 bits per heavy atom. The van der Waals surface area contributed by atoms with E-state index in [1.165, 1.54) is 43.7 Å². The zero-order valence-electron chi connectivity index (χ0n) is 72.9. The Labute approximate surface area is 767 Å². The Morgan fingerprint density at radius 2 is 0.708 bits per heavy atom. The van der Waals surface area contributed by atoms with E-state index >= 15 is 0 Å². The first-order valence-electron chi connectivity index (χ1n) is 44.6. The van der Waals surface area contributed by atoms with Gasteiger partial charge in [-0.15, -0.1) is 21.9 Å². The van der Waals surface area contributed by atoms with Crippen LogP contribution in [0.25, 0.3) is 177 Å². The van der Waals surface area contributed by atoms with Crippen molar-refractivity contribution in [3.05, 3.63) is 374 Å². The van der Waals surface area contributed by atoms with Crippen LogP contribution < -0.4 is 65.0 Å². The predicted molar refractivity (Wildman–Crippen MR) is 560 cm³/mol. The molecule has 0 bridgehead atoms. The maximum atomic E-state index is 7.51. The first kappa shape index (κ1) is 79.2. The van der Waals surface area contributed by atoms with Crippen molar-refractivity contribution in [3.63, 3.8) is 0 Å². The van der Waals surface area contributed by atoms with Gasteiger partial charge in [0.25, 0.3) is 0 Å². The summed E-state index contributed by atoms with van der Waals surface area (Å²) in [7, 11) is 57.7. The minimum atomic E-state index is -0.628. The van der Waals surface area contributed by atoms with Crippen LogP contribution in [0.1, 0.15) is 75.3 Å². The number of hydrogen-bond donors (Lipinski definition) is 0. The molecule has 1 unspecified atom stereocenters. The lowest BCUT2D eigenvalue weighted by molar-refractivity contribution is 0.590. The third-order valence-corrected chi connectivity index (χ3v) is 28.1. The van der Waals surface area contributed by atoms with Crippen molar-refractivity contribution in [1.29, 1.82) is 0 Å². The maximum Gasteiger partial charge on any atom is 0.247 e. The van der Waals surface area contributed by atoms with E-state index in [1.807, 2.05) is 10.6 Å². The van der Waals surface area contributed by atoms with Gasteiger partial charge in [-0.3, -0.25) is 0 Å². The predicted octanol–water partition coefficient (Wildman–Crippen LogP) is 19.9. The molecule has 0 N–H and O–H groups in total. The van der Waals surface area contributed by atoms with Crippen LogP contribution in [-0.4, -0.2) is 78.5 Å². The van der Waals surface area contributed by atoms with Crippen LogP contribution >= 0.6 is 0 Å². The summed E-state index contributed by atoms with van der Waals surface area (Å²) in [6.45, 7) is 13.2. The van der Waals surface area contributed by atoms with Crippen LogP contribution in [0.3, 0.4) is 0 Å². The molecule has 22 aromatic rings. The second kappa shape index (κ2) is 29.7. The quantitative estimate of drug-likeness (QED) is 0.121. The Hall–Kier alpha value is -14.3. The second-order valence-corrected chi connectivity index (χ2v) is 37.5. The summed E-state index contributed by atoms with van der Waals surface area (Å²) in [4.78, 5) is 2.67. The van der Waals surface area contributed by atoms with Crippen molar-refractivity contribution < 1.29 is 4.42 Å². The Bertz CT molecular complexity index is 8320. The highest BCUT2D eigenvalue weighted by molar-refractivity contribution is 6.99. The monoisotopic (exact) mass is 1640 g/mol. The summed E-state index contributed by atoms with van der Waals surface area (Å²) < 4.78 is 11.3. The molecule has 1 atom stereocenters. The summed E-state index contributed by atoms with van der Waals surface area (Å²) in [6.07, 6.45) is 0. The summed E-state index contributed by atoms with van der Waals surface area (Å²) in [6, 6.07) is 129. The first-order valence-corrected chi connectivity index (χ1v) is 44.6. The van der Waals surface area contributed by atoms with E-state index in [9.17, 15) is 0 Å². The van der Waals surface area contributed by atoms with Gasteiger partial charge in [-0.1, -0.05) is 330 Å². The normalized spacial score (nSPS) is 13.3. The highest BCUT2D eigenvalue weighted by atomic mass is 16.3. The van der Waals surface area contributed by atoms with Crippen molar-refractivity contribution in [2.24, 2.45) is 0 Å². The number of fused-ring (bicyclic) bond motifs is 16. The van der Waals surface area contributed by atoms with Gasteiger partial charge in [0.15, 0.2) is 0 Å². The van der Waals surface area contributed by atoms with Gasteiger partial charge < -0.3 is 18.3 Å². The lowest BCUT2D eigenvalue weighted by Crippen LogP contribution is -2.62. The van der Waals surface area contributed by atoms with E-state index in [0.717, 1.165) is 167 Å². The van der Waals surface area contributed by atoms with E-state index < -0.39 is 12.6 Å². The maximum absolute atomic E-state index is 7.51. The van der Waals surface area contributed by atoms with Crippen LogP contribution in [0.5, 0.6) is 0 Å². The fraction of sp³-hybridized carbons (Fsp3) is 0.0769. The summed E-state index contributed by atoms with van der Waals surface area (Å²) >= 11 is 0. The molecule has 592 valence electrons. The van der Waals surface area contributed by atoms with Crippen molar-refractivity contribution in [2.45, 2.75) is 58.3 Å². The average molecular weight is 1640 g/mol. The topological polar surface area (TPSA) is 25.7 Å². The molecule has 2 aliphatic heterocycles. The number of furan rings is 1. The number of rotatable bonds is 11. The van der Waals surface area contributed by atoms with Crippen LogP contribution in [0, 0.1) is 0 Å². The number of benzene rings is 18. The SMILES string of the molecule is [B]c1c([B])c([B])c2c(c1[B])c1c([B])c([B])c([B])c([B])c1n2-c1ccc2c(c1)C(c1c(-c3ccccc3)cc(-c3ccc(C(C)(C)C)cc3)cc1-c1ccccc1)c1cc(-c3ccc4oc5ccccc5c4c3)cc3c1B2c1ccc(-c2ccc4c(c2)c2cccc5c6ccccc6n4c52)cc1N3c1c(-c2ccccc2)cc(-c2ccc(C(C)(C)C)cc2)cc1-c1ccccc1. The number of anilines is 3. The molecule has 0 spiro atoms. The molecule has 0 amide bonds. The van der Waals surface area contributed by atoms with Gasteiger partial charge in [0.1, 0.15) is 73.9 Å². The van der Waals surface area contributed by atoms with E-state index in [-0.39, 0.29) is 54.5 Å². The molecular formula is C117H76B9N3O. The highest BCUT2D eigenvalue weighted by Gasteiger charge is 2.47. The summed E-state index contributed by atoms with van der Waals surface area (Å²) in [5, 5.41) is 7.79. The Balaban J connectivity index is 0.883. The van der Waals surface area contributed by atoms with Crippen molar-refractivity contribution in [1.82, 2.24) is 8.97 Å². The van der Waals surface area contributed by atoms with Gasteiger partial charge in [-0.25, -0.2) is 0 Å². The minimum Gasteiger partial charge on any atom is -0.456 e. The van der Waals surface area contributed by atoms with Crippen molar-refractivity contribution in [3.8, 4) is 94.7 Å². The lowest BCUT2D eigenvalue weighted by atomic mass is 9.31. The molecular weight excluding hydrogens is 1560 g/mol. The van der Waals surface area contributed by atoms with E-state index in [2.05, 4.69) is 391 Å².